The van der Waals surface area contributed by atoms with Gasteiger partial charge in [0.15, 0.2) is 0 Å². The first-order valence-electron chi connectivity index (χ1n) is 5.67. The third kappa shape index (κ3) is 4.08. The minimum atomic E-state index is -0.142. The number of amides is 2. The van der Waals surface area contributed by atoms with Gasteiger partial charge in [-0.15, -0.1) is 0 Å². The molecular weight excluding hydrogens is 190 g/mol. The molecule has 1 aliphatic heterocycles. The summed E-state index contributed by atoms with van der Waals surface area (Å²) >= 11 is 0. The molecule has 4 nitrogen and oxygen atoms in total. The number of nitrogens with zero attached hydrogens (tertiary/aromatic N) is 1. The predicted molar refractivity (Wildman–Crippen MR) is 61.9 cm³/mol. The Kier molecular flexibility index (Phi) is 3.97. The van der Waals surface area contributed by atoms with E-state index in [1.54, 1.807) is 0 Å². The molecule has 0 aromatic carbocycles. The van der Waals surface area contributed by atoms with Gasteiger partial charge in [0, 0.05) is 24.7 Å². The fourth-order valence-corrected chi connectivity index (χ4v) is 1.77. The molecule has 1 fully saturated rings. The average Bonchev–Trinajstić information content (AvgIpc) is 2.15. The number of carbonyl (C=O) groups excluding carboxylic acids is 1. The molecule has 2 amide bonds. The Hall–Kier alpha value is -0.770. The minimum Gasteiger partial charge on any atom is -0.333 e. The largest absolute Gasteiger partial charge is 0.333 e. The van der Waals surface area contributed by atoms with Gasteiger partial charge < -0.3 is 15.5 Å². The molecule has 0 bridgehead atoms. The van der Waals surface area contributed by atoms with E-state index in [1.165, 1.54) is 0 Å². The number of rotatable bonds is 1. The van der Waals surface area contributed by atoms with E-state index in [0.717, 1.165) is 25.9 Å². The van der Waals surface area contributed by atoms with Crippen LogP contribution in [0.15, 0.2) is 0 Å². The average molecular weight is 213 g/mol. The second kappa shape index (κ2) is 4.84. The van der Waals surface area contributed by atoms with Crippen LogP contribution in [0.25, 0.3) is 0 Å². The van der Waals surface area contributed by atoms with E-state index in [-0.39, 0.29) is 11.6 Å². The molecule has 0 aromatic heterocycles. The highest BCUT2D eigenvalue weighted by molar-refractivity contribution is 5.75. The number of hydrogen-bond donors (Lipinski definition) is 2. The predicted octanol–water partition coefficient (Wildman–Crippen LogP) is 1.18. The fraction of sp³-hybridized carbons (Fsp3) is 0.909. The topological polar surface area (TPSA) is 44.4 Å². The molecule has 0 aliphatic carbocycles. The number of urea groups is 1. The Morgan fingerprint density at radius 1 is 1.27 bits per heavy atom. The number of hydrogen-bond acceptors (Lipinski definition) is 2. The van der Waals surface area contributed by atoms with Gasteiger partial charge >= 0.3 is 6.03 Å². The van der Waals surface area contributed by atoms with Crippen molar-refractivity contribution >= 4 is 6.03 Å². The van der Waals surface area contributed by atoms with E-state index in [4.69, 9.17) is 0 Å². The Bertz CT molecular complexity index is 214. The summed E-state index contributed by atoms with van der Waals surface area (Å²) in [6.45, 7) is 7.72. The molecule has 0 spiro atoms. The van der Waals surface area contributed by atoms with Gasteiger partial charge in [-0.25, -0.2) is 4.79 Å². The van der Waals surface area contributed by atoms with Crippen LogP contribution in [0.2, 0.25) is 0 Å². The lowest BCUT2D eigenvalue weighted by molar-refractivity contribution is 0.170. The molecule has 15 heavy (non-hydrogen) atoms. The lowest BCUT2D eigenvalue weighted by atomic mass is 10.1. The monoisotopic (exact) mass is 213 g/mol. The van der Waals surface area contributed by atoms with Crippen molar-refractivity contribution in [2.75, 3.05) is 20.1 Å². The summed E-state index contributed by atoms with van der Waals surface area (Å²) < 4.78 is 0. The first-order valence-corrected chi connectivity index (χ1v) is 5.67. The summed E-state index contributed by atoms with van der Waals surface area (Å²) in [6.07, 6.45) is 2.10. The van der Waals surface area contributed by atoms with E-state index < -0.39 is 0 Å². The van der Waals surface area contributed by atoms with Crippen molar-refractivity contribution in [3.63, 3.8) is 0 Å². The van der Waals surface area contributed by atoms with Crippen LogP contribution in [0.3, 0.4) is 0 Å². The smallest absolute Gasteiger partial charge is 0.317 e. The Balaban J connectivity index is 2.37. The quantitative estimate of drug-likeness (QED) is 0.687. The van der Waals surface area contributed by atoms with Crippen LogP contribution in [-0.2, 0) is 0 Å². The highest BCUT2D eigenvalue weighted by Crippen LogP contribution is 2.11. The first kappa shape index (κ1) is 12.3. The van der Waals surface area contributed by atoms with Gasteiger partial charge in [0.1, 0.15) is 0 Å². The maximum absolute atomic E-state index is 11.8. The number of piperidine rings is 1. The standard InChI is InChI=1S/C11H23N3O/c1-11(2,3)13-10(15)14-7-5-9(12-4)6-8-14/h9,12H,5-8H2,1-4H3,(H,13,15). The maximum atomic E-state index is 11.8. The highest BCUT2D eigenvalue weighted by Gasteiger charge is 2.24. The maximum Gasteiger partial charge on any atom is 0.317 e. The van der Waals surface area contributed by atoms with Gasteiger partial charge in [0.05, 0.1) is 0 Å². The number of likely N-dealkylation sites (tertiary alicyclic amines) is 1. The third-order valence-corrected chi connectivity index (χ3v) is 2.67. The van der Waals surface area contributed by atoms with E-state index in [9.17, 15) is 4.79 Å². The van der Waals surface area contributed by atoms with Crippen molar-refractivity contribution in [2.24, 2.45) is 0 Å². The molecule has 0 aromatic rings. The molecule has 0 radical (unpaired) electrons. The van der Waals surface area contributed by atoms with Crippen molar-refractivity contribution in [1.29, 1.82) is 0 Å². The van der Waals surface area contributed by atoms with Crippen LogP contribution < -0.4 is 10.6 Å². The summed E-state index contributed by atoms with van der Waals surface area (Å²) in [4.78, 5) is 13.7. The molecule has 1 heterocycles. The number of nitrogens with one attached hydrogen (secondary N) is 2. The summed E-state index contributed by atoms with van der Waals surface area (Å²) in [5.41, 5.74) is -0.142. The van der Waals surface area contributed by atoms with E-state index in [0.29, 0.717) is 6.04 Å². The molecule has 0 atom stereocenters. The van der Waals surface area contributed by atoms with Crippen molar-refractivity contribution in [3.05, 3.63) is 0 Å². The van der Waals surface area contributed by atoms with Gasteiger partial charge in [-0.3, -0.25) is 0 Å². The van der Waals surface area contributed by atoms with E-state index in [2.05, 4.69) is 10.6 Å². The van der Waals surface area contributed by atoms with Crippen molar-refractivity contribution in [2.45, 2.75) is 45.2 Å². The zero-order chi connectivity index (χ0) is 11.5. The molecule has 88 valence electrons. The van der Waals surface area contributed by atoms with Crippen molar-refractivity contribution in [1.82, 2.24) is 15.5 Å². The lowest BCUT2D eigenvalue weighted by Crippen LogP contribution is -2.52. The molecule has 0 unspecified atom stereocenters. The van der Waals surface area contributed by atoms with Gasteiger partial charge in [0.25, 0.3) is 0 Å². The summed E-state index contributed by atoms with van der Waals surface area (Å²) in [5.74, 6) is 0. The van der Waals surface area contributed by atoms with Gasteiger partial charge in [-0.1, -0.05) is 0 Å². The Labute approximate surface area is 92.4 Å². The van der Waals surface area contributed by atoms with E-state index >= 15 is 0 Å². The zero-order valence-corrected chi connectivity index (χ0v) is 10.3. The molecule has 0 saturated carbocycles. The molecule has 2 N–H and O–H groups in total. The van der Waals surface area contributed by atoms with Crippen LogP contribution in [0.5, 0.6) is 0 Å². The Morgan fingerprint density at radius 2 is 1.80 bits per heavy atom. The Morgan fingerprint density at radius 3 is 2.20 bits per heavy atom. The normalized spacial score (nSPS) is 19.1. The molecule has 1 saturated heterocycles. The summed E-state index contributed by atoms with van der Waals surface area (Å²) in [7, 11) is 1.98. The summed E-state index contributed by atoms with van der Waals surface area (Å²) in [5, 5.41) is 6.24. The van der Waals surface area contributed by atoms with Crippen LogP contribution in [0, 0.1) is 0 Å². The van der Waals surface area contributed by atoms with Crippen LogP contribution >= 0.6 is 0 Å². The first-order chi connectivity index (χ1) is 6.92. The van der Waals surface area contributed by atoms with Gasteiger partial charge in [-0.2, -0.15) is 0 Å². The summed E-state index contributed by atoms with van der Waals surface area (Å²) in [6, 6.07) is 0.640. The second-order valence-corrected chi connectivity index (χ2v) is 5.23. The lowest BCUT2D eigenvalue weighted by Gasteiger charge is -2.34. The van der Waals surface area contributed by atoms with Crippen molar-refractivity contribution < 1.29 is 4.79 Å². The minimum absolute atomic E-state index is 0.0667. The number of carbonyl (C=O) groups is 1. The van der Waals surface area contributed by atoms with Crippen LogP contribution in [-0.4, -0.2) is 42.6 Å². The fourth-order valence-electron chi connectivity index (χ4n) is 1.77. The van der Waals surface area contributed by atoms with Crippen LogP contribution in [0.1, 0.15) is 33.6 Å². The van der Waals surface area contributed by atoms with Crippen molar-refractivity contribution in [3.8, 4) is 0 Å². The molecule has 1 rings (SSSR count). The molecule has 4 heteroatoms. The zero-order valence-electron chi connectivity index (χ0n) is 10.3. The van der Waals surface area contributed by atoms with Crippen LogP contribution in [0.4, 0.5) is 4.79 Å². The highest BCUT2D eigenvalue weighted by atomic mass is 16.2. The third-order valence-electron chi connectivity index (χ3n) is 2.67. The SMILES string of the molecule is CNC1CCN(C(=O)NC(C)(C)C)CC1. The van der Waals surface area contributed by atoms with Gasteiger partial charge in [0.2, 0.25) is 0 Å². The molecule has 1 aliphatic rings. The van der Waals surface area contributed by atoms with E-state index in [1.807, 2.05) is 32.7 Å². The second-order valence-electron chi connectivity index (χ2n) is 5.23. The molecular formula is C11H23N3O. The van der Waals surface area contributed by atoms with Gasteiger partial charge in [-0.05, 0) is 40.7 Å².